The Morgan fingerprint density at radius 3 is 2.71 bits per heavy atom. The monoisotopic (exact) mass is 490 g/mol. The van der Waals surface area contributed by atoms with Gasteiger partial charge in [0, 0.05) is 34.6 Å². The van der Waals surface area contributed by atoms with E-state index in [4.69, 9.17) is 5.73 Å². The second kappa shape index (κ2) is 8.17. The largest absolute Gasteiger partial charge is 0.369 e. The Morgan fingerprint density at radius 2 is 2.03 bits per heavy atom. The Hall–Kier alpha value is -2.71. The van der Waals surface area contributed by atoms with Crippen molar-refractivity contribution in [3.63, 3.8) is 0 Å². The lowest BCUT2D eigenvalue weighted by molar-refractivity contribution is -0.121. The van der Waals surface area contributed by atoms with Crippen LogP contribution in [-0.4, -0.2) is 49.5 Å². The van der Waals surface area contributed by atoms with Gasteiger partial charge in [0.15, 0.2) is 5.65 Å². The Morgan fingerprint density at radius 1 is 1.23 bits per heavy atom. The van der Waals surface area contributed by atoms with Crippen LogP contribution in [0.15, 0.2) is 12.5 Å². The van der Waals surface area contributed by atoms with Crippen LogP contribution >= 0.6 is 11.3 Å². The number of nitrogens with one attached hydrogen (secondary N) is 1. The summed E-state index contributed by atoms with van der Waals surface area (Å²) >= 11 is 1.95. The zero-order chi connectivity index (χ0) is 24.6. The molecule has 7 nitrogen and oxygen atoms in total. The molecule has 1 aliphatic carbocycles. The molecule has 1 amide bonds. The summed E-state index contributed by atoms with van der Waals surface area (Å²) < 4.78 is 1.89. The number of primary amides is 1. The molecule has 1 unspecified atom stereocenters. The summed E-state index contributed by atoms with van der Waals surface area (Å²) in [5.41, 5.74) is 14.1. The van der Waals surface area contributed by atoms with Crippen LogP contribution in [-0.2, 0) is 4.79 Å². The van der Waals surface area contributed by atoms with Crippen molar-refractivity contribution in [1.29, 1.82) is 0 Å². The third kappa shape index (κ3) is 3.44. The fraction of sp³-hybridized carbons (Fsp3) is 0.519. The van der Waals surface area contributed by atoms with E-state index < -0.39 is 0 Å². The van der Waals surface area contributed by atoms with Gasteiger partial charge in [-0.15, -0.1) is 11.3 Å². The van der Waals surface area contributed by atoms with E-state index in [0.29, 0.717) is 30.3 Å². The molecule has 0 spiro atoms. The number of H-pyrrole nitrogens is 1. The Balaban J connectivity index is 1.44. The van der Waals surface area contributed by atoms with E-state index >= 15 is 0 Å². The van der Waals surface area contributed by atoms with Gasteiger partial charge in [-0.25, -0.2) is 9.50 Å². The highest BCUT2D eigenvalue weighted by molar-refractivity contribution is 7.19. The molecule has 1 saturated carbocycles. The number of aryl methyl sites for hydroxylation is 2. The average molecular weight is 491 g/mol. The second-order valence-electron chi connectivity index (χ2n) is 10.9. The molecule has 8 heteroatoms. The van der Waals surface area contributed by atoms with E-state index in [-0.39, 0.29) is 5.91 Å². The summed E-state index contributed by atoms with van der Waals surface area (Å²) in [4.78, 5) is 25.0. The zero-order valence-corrected chi connectivity index (χ0v) is 22.0. The number of fused-ring (bicyclic) bond motifs is 5. The van der Waals surface area contributed by atoms with Gasteiger partial charge >= 0.3 is 0 Å². The van der Waals surface area contributed by atoms with Crippen molar-refractivity contribution in [2.24, 2.45) is 11.7 Å². The molecule has 2 bridgehead atoms. The van der Waals surface area contributed by atoms with Gasteiger partial charge in [-0.05, 0) is 80.0 Å². The number of aromatic nitrogens is 4. The van der Waals surface area contributed by atoms with Gasteiger partial charge < -0.3 is 10.7 Å². The highest BCUT2D eigenvalue weighted by Crippen LogP contribution is 2.51. The molecule has 0 aromatic carbocycles. The number of carbonyl (C=O) groups excluding carboxylic acids is 1. The minimum atomic E-state index is -0.210. The summed E-state index contributed by atoms with van der Waals surface area (Å²) in [5.74, 6) is 1.35. The molecule has 3 atom stereocenters. The summed E-state index contributed by atoms with van der Waals surface area (Å²) in [6, 6.07) is 0.470. The van der Waals surface area contributed by atoms with Gasteiger partial charge in [0.05, 0.1) is 12.2 Å². The van der Waals surface area contributed by atoms with Crippen molar-refractivity contribution in [3.8, 4) is 11.3 Å². The molecule has 7 rings (SSSR count). The molecule has 4 aromatic rings. The quantitative estimate of drug-likeness (QED) is 0.410. The van der Waals surface area contributed by atoms with E-state index in [9.17, 15) is 4.79 Å². The van der Waals surface area contributed by atoms with Gasteiger partial charge in [0.25, 0.3) is 0 Å². The van der Waals surface area contributed by atoms with Crippen LogP contribution in [0.1, 0.15) is 72.1 Å². The van der Waals surface area contributed by atoms with Gasteiger partial charge in [0.2, 0.25) is 5.91 Å². The zero-order valence-electron chi connectivity index (χ0n) is 21.2. The van der Waals surface area contributed by atoms with E-state index in [1.54, 1.807) is 6.33 Å². The normalized spacial score (nSPS) is 22.7. The van der Waals surface area contributed by atoms with Crippen molar-refractivity contribution in [2.45, 2.75) is 71.8 Å². The fourth-order valence-electron chi connectivity index (χ4n) is 6.77. The van der Waals surface area contributed by atoms with Crippen molar-refractivity contribution in [2.75, 3.05) is 13.1 Å². The first-order valence-corrected chi connectivity index (χ1v) is 13.5. The number of aromatic amines is 1. The Kier molecular flexibility index (Phi) is 5.30. The lowest BCUT2D eigenvalue weighted by Gasteiger charge is -2.49. The summed E-state index contributed by atoms with van der Waals surface area (Å²) in [6.07, 6.45) is 7.31. The van der Waals surface area contributed by atoms with Crippen LogP contribution in [0, 0.1) is 26.7 Å². The summed E-state index contributed by atoms with van der Waals surface area (Å²) in [6.45, 7) is 12.6. The number of thiophene rings is 1. The third-order valence-electron chi connectivity index (χ3n) is 8.58. The first kappa shape index (κ1) is 22.7. The third-order valence-corrected chi connectivity index (χ3v) is 9.92. The number of hydrogen-bond acceptors (Lipinski definition) is 5. The molecular weight excluding hydrogens is 456 g/mol. The maximum absolute atomic E-state index is 11.6. The van der Waals surface area contributed by atoms with E-state index in [0.717, 1.165) is 18.6 Å². The van der Waals surface area contributed by atoms with E-state index in [1.165, 1.54) is 61.4 Å². The van der Waals surface area contributed by atoms with Crippen molar-refractivity contribution < 1.29 is 4.79 Å². The Labute approximate surface area is 209 Å². The van der Waals surface area contributed by atoms with Crippen LogP contribution in [0.4, 0.5) is 0 Å². The standard InChI is InChI=1S/C27H34N6OS/c1-13(2)22-23-16(5)25(19-8-18-7-6-17(19)9-32(18)11-21(28)34)35-27(23)31-24(22)20-10-33-26(29-12-30-33)15(4)14(20)3/h10,12-13,17-19,31H,6-9,11H2,1-5H3,(H2,28,34)/t17?,18-,19-/m1/s1. The van der Waals surface area contributed by atoms with Crippen LogP contribution in [0.5, 0.6) is 0 Å². The van der Waals surface area contributed by atoms with Crippen LogP contribution < -0.4 is 5.73 Å². The number of hydrogen-bond donors (Lipinski definition) is 2. The smallest absolute Gasteiger partial charge is 0.231 e. The molecule has 184 valence electrons. The van der Waals surface area contributed by atoms with E-state index in [1.807, 2.05) is 15.9 Å². The van der Waals surface area contributed by atoms with Crippen molar-refractivity contribution in [1.82, 2.24) is 24.5 Å². The molecule has 6 heterocycles. The van der Waals surface area contributed by atoms with Crippen LogP contribution in [0.3, 0.4) is 0 Å². The van der Waals surface area contributed by atoms with Crippen molar-refractivity contribution >= 4 is 33.1 Å². The Bertz CT molecular complexity index is 1460. The van der Waals surface area contributed by atoms with Gasteiger partial charge in [-0.3, -0.25) is 9.69 Å². The van der Waals surface area contributed by atoms with Crippen molar-refractivity contribution in [3.05, 3.63) is 39.7 Å². The highest BCUT2D eigenvalue weighted by Gasteiger charge is 2.42. The summed E-state index contributed by atoms with van der Waals surface area (Å²) in [5, 5.41) is 5.83. The molecule has 35 heavy (non-hydrogen) atoms. The first-order chi connectivity index (χ1) is 16.7. The second-order valence-corrected chi connectivity index (χ2v) is 12.0. The highest BCUT2D eigenvalue weighted by atomic mass is 32.1. The number of rotatable bonds is 5. The maximum atomic E-state index is 11.6. The predicted octanol–water partition coefficient (Wildman–Crippen LogP) is 5.04. The predicted molar refractivity (Wildman–Crippen MR) is 141 cm³/mol. The van der Waals surface area contributed by atoms with Gasteiger partial charge in [0.1, 0.15) is 11.2 Å². The SMILES string of the molecule is Cc1c(-c2[nH]c3sc([C@@H]4C[C@H]5CCC4CN5CC(N)=O)c(C)c3c2C(C)C)cn2ncnc2c1C. The topological polar surface area (TPSA) is 92.3 Å². The number of nitrogens with zero attached hydrogens (tertiary/aromatic N) is 4. The van der Waals surface area contributed by atoms with E-state index in [2.05, 4.69) is 60.8 Å². The number of piperidine rings is 2. The molecule has 4 aromatic heterocycles. The molecule has 3 N–H and O–H groups in total. The van der Waals surface area contributed by atoms with Crippen LogP contribution in [0.2, 0.25) is 0 Å². The number of pyridine rings is 1. The molecule has 3 aliphatic rings. The molecular formula is C27H34N6OS. The molecule has 2 aliphatic heterocycles. The maximum Gasteiger partial charge on any atom is 0.231 e. The molecule has 3 fully saturated rings. The minimum absolute atomic E-state index is 0.210. The minimum Gasteiger partial charge on any atom is -0.369 e. The lowest BCUT2D eigenvalue weighted by Crippen LogP contribution is -2.53. The summed E-state index contributed by atoms with van der Waals surface area (Å²) in [7, 11) is 0. The van der Waals surface area contributed by atoms with Crippen LogP contribution in [0.25, 0.3) is 27.1 Å². The fourth-order valence-corrected chi connectivity index (χ4v) is 8.21. The van der Waals surface area contributed by atoms with Gasteiger partial charge in [-0.1, -0.05) is 13.8 Å². The number of carbonyl (C=O) groups is 1. The number of amides is 1. The molecule has 0 radical (unpaired) electrons. The average Bonchev–Trinajstić information content (AvgIpc) is 3.51. The van der Waals surface area contributed by atoms with Gasteiger partial charge in [-0.2, -0.15) is 5.10 Å². The lowest BCUT2D eigenvalue weighted by atomic mass is 9.70. The molecule has 2 saturated heterocycles. The number of nitrogens with two attached hydrogens (primary N) is 1. The first-order valence-electron chi connectivity index (χ1n) is 12.7.